The number of anilines is 1. The standard InChI is InChI=1S/C18H17F2N5O4/c1-10(17(27)23-14-4-3-11(19)7-13(14)20)29-15(26)5-6-25-9-21-16-12(18(25)28)8-22-24(16)2/h3-4,7-10H,5-6H2,1-2H3,(H,23,27). The zero-order valence-electron chi connectivity index (χ0n) is 15.6. The third kappa shape index (κ3) is 4.45. The molecule has 3 aromatic rings. The van der Waals surface area contributed by atoms with E-state index < -0.39 is 29.6 Å². The predicted molar refractivity (Wildman–Crippen MR) is 97.9 cm³/mol. The number of aromatic nitrogens is 4. The molecule has 0 spiro atoms. The van der Waals surface area contributed by atoms with Crippen LogP contribution in [-0.2, 0) is 27.9 Å². The average Bonchev–Trinajstić information content (AvgIpc) is 3.05. The van der Waals surface area contributed by atoms with Gasteiger partial charge in [-0.25, -0.2) is 13.8 Å². The fourth-order valence-corrected chi connectivity index (χ4v) is 2.57. The number of carbonyl (C=O) groups excluding carboxylic acids is 2. The highest BCUT2D eigenvalue weighted by Crippen LogP contribution is 2.15. The van der Waals surface area contributed by atoms with Crippen LogP contribution in [0, 0.1) is 11.6 Å². The Kier molecular flexibility index (Phi) is 5.66. The minimum atomic E-state index is -1.22. The molecule has 9 nitrogen and oxygen atoms in total. The SMILES string of the molecule is CC(OC(=O)CCn1cnc2c(cnn2C)c1=O)C(=O)Nc1ccc(F)cc1F. The fourth-order valence-electron chi connectivity index (χ4n) is 2.57. The van der Waals surface area contributed by atoms with Crippen molar-refractivity contribution in [3.63, 3.8) is 0 Å². The van der Waals surface area contributed by atoms with Crippen molar-refractivity contribution in [2.45, 2.75) is 26.0 Å². The number of esters is 1. The van der Waals surface area contributed by atoms with Crippen molar-refractivity contribution in [1.82, 2.24) is 19.3 Å². The zero-order valence-corrected chi connectivity index (χ0v) is 15.6. The van der Waals surface area contributed by atoms with Crippen LogP contribution in [0.5, 0.6) is 0 Å². The van der Waals surface area contributed by atoms with Gasteiger partial charge in [0, 0.05) is 19.7 Å². The van der Waals surface area contributed by atoms with Gasteiger partial charge in [-0.2, -0.15) is 5.10 Å². The van der Waals surface area contributed by atoms with Gasteiger partial charge in [-0.3, -0.25) is 23.6 Å². The number of nitrogens with one attached hydrogen (secondary N) is 1. The van der Waals surface area contributed by atoms with Crippen LogP contribution < -0.4 is 10.9 Å². The van der Waals surface area contributed by atoms with Crippen LogP contribution in [0.3, 0.4) is 0 Å². The fraction of sp³-hybridized carbons (Fsp3) is 0.278. The largest absolute Gasteiger partial charge is 0.452 e. The molecule has 1 aromatic carbocycles. The lowest BCUT2D eigenvalue weighted by Crippen LogP contribution is -2.31. The van der Waals surface area contributed by atoms with E-state index >= 15 is 0 Å². The van der Waals surface area contributed by atoms with Gasteiger partial charge in [-0.05, 0) is 19.1 Å². The Labute approximate surface area is 162 Å². The number of ether oxygens (including phenoxy) is 1. The lowest BCUT2D eigenvalue weighted by Gasteiger charge is -2.14. The van der Waals surface area contributed by atoms with E-state index in [-0.39, 0.29) is 24.2 Å². The van der Waals surface area contributed by atoms with Crippen molar-refractivity contribution >= 4 is 28.6 Å². The lowest BCUT2D eigenvalue weighted by molar-refractivity contribution is -0.153. The summed E-state index contributed by atoms with van der Waals surface area (Å²) in [5.41, 5.74) is -0.165. The molecule has 0 aliphatic rings. The molecule has 1 unspecified atom stereocenters. The number of hydrogen-bond donors (Lipinski definition) is 1. The molecule has 0 fully saturated rings. The van der Waals surface area contributed by atoms with Gasteiger partial charge in [-0.15, -0.1) is 0 Å². The van der Waals surface area contributed by atoms with E-state index in [2.05, 4.69) is 15.4 Å². The molecular formula is C18H17F2N5O4. The first-order valence-electron chi connectivity index (χ1n) is 8.59. The van der Waals surface area contributed by atoms with E-state index in [1.54, 1.807) is 7.05 Å². The maximum atomic E-state index is 13.6. The zero-order chi connectivity index (χ0) is 21.1. The molecule has 0 bridgehead atoms. The second-order valence-electron chi connectivity index (χ2n) is 6.24. The van der Waals surface area contributed by atoms with Gasteiger partial charge >= 0.3 is 5.97 Å². The van der Waals surface area contributed by atoms with E-state index in [4.69, 9.17) is 4.74 Å². The second-order valence-corrected chi connectivity index (χ2v) is 6.24. The van der Waals surface area contributed by atoms with Crippen molar-refractivity contribution in [3.05, 3.63) is 52.7 Å². The lowest BCUT2D eigenvalue weighted by atomic mass is 10.2. The van der Waals surface area contributed by atoms with Gasteiger partial charge in [0.1, 0.15) is 17.0 Å². The van der Waals surface area contributed by atoms with Crippen LogP contribution in [0.15, 0.2) is 35.5 Å². The highest BCUT2D eigenvalue weighted by atomic mass is 19.1. The highest BCUT2D eigenvalue weighted by molar-refractivity contribution is 5.95. The third-order valence-corrected chi connectivity index (χ3v) is 4.14. The molecule has 0 radical (unpaired) electrons. The van der Waals surface area contributed by atoms with Gasteiger partial charge in [0.25, 0.3) is 11.5 Å². The van der Waals surface area contributed by atoms with Crippen LogP contribution >= 0.6 is 0 Å². The van der Waals surface area contributed by atoms with Crippen molar-refractivity contribution in [1.29, 1.82) is 0 Å². The Bertz CT molecular complexity index is 1140. The van der Waals surface area contributed by atoms with E-state index in [0.717, 1.165) is 12.1 Å². The van der Waals surface area contributed by atoms with Crippen LogP contribution in [0.1, 0.15) is 13.3 Å². The summed E-state index contributed by atoms with van der Waals surface area (Å²) in [6.07, 6.45) is 1.28. The predicted octanol–water partition coefficient (Wildman–Crippen LogP) is 1.37. The van der Waals surface area contributed by atoms with Crippen LogP contribution in [0.2, 0.25) is 0 Å². The number of hydrogen-bond acceptors (Lipinski definition) is 6. The molecule has 11 heteroatoms. The number of aryl methyl sites for hydroxylation is 2. The number of carbonyl (C=O) groups is 2. The topological polar surface area (TPSA) is 108 Å². The molecule has 0 saturated carbocycles. The van der Waals surface area contributed by atoms with E-state index in [1.165, 1.54) is 28.7 Å². The molecule has 0 aliphatic heterocycles. The Hall–Kier alpha value is -3.63. The Morgan fingerprint density at radius 1 is 1.31 bits per heavy atom. The maximum absolute atomic E-state index is 13.6. The Morgan fingerprint density at radius 3 is 2.79 bits per heavy atom. The molecule has 1 N–H and O–H groups in total. The summed E-state index contributed by atoms with van der Waals surface area (Å²) in [6, 6.07) is 2.67. The average molecular weight is 405 g/mol. The molecule has 0 aliphatic carbocycles. The number of amides is 1. The van der Waals surface area contributed by atoms with E-state index in [1.807, 2.05) is 0 Å². The normalized spacial score (nSPS) is 12.0. The van der Waals surface area contributed by atoms with Gasteiger partial charge in [0.05, 0.1) is 24.6 Å². The minimum absolute atomic E-state index is 0.00354. The summed E-state index contributed by atoms with van der Waals surface area (Å²) in [5.74, 6) is -3.24. The van der Waals surface area contributed by atoms with Gasteiger partial charge in [0.15, 0.2) is 11.8 Å². The maximum Gasteiger partial charge on any atom is 0.308 e. The Balaban J connectivity index is 1.57. The summed E-state index contributed by atoms with van der Waals surface area (Å²) in [4.78, 5) is 40.5. The summed E-state index contributed by atoms with van der Waals surface area (Å²) < 4.78 is 34.2. The quantitative estimate of drug-likeness (QED) is 0.621. The molecule has 1 amide bonds. The number of fused-ring (bicyclic) bond motifs is 1. The van der Waals surface area contributed by atoms with Gasteiger partial charge in [-0.1, -0.05) is 0 Å². The molecule has 2 aromatic heterocycles. The third-order valence-electron chi connectivity index (χ3n) is 4.14. The van der Waals surface area contributed by atoms with E-state index in [0.29, 0.717) is 17.1 Å². The van der Waals surface area contributed by atoms with Gasteiger partial charge in [0.2, 0.25) is 0 Å². The van der Waals surface area contributed by atoms with Crippen molar-refractivity contribution in [3.8, 4) is 0 Å². The first kappa shape index (κ1) is 20.1. The summed E-state index contributed by atoms with van der Waals surface area (Å²) in [6.45, 7) is 1.31. The van der Waals surface area contributed by atoms with Crippen molar-refractivity contribution < 1.29 is 23.1 Å². The molecule has 152 valence electrons. The first-order chi connectivity index (χ1) is 13.8. The monoisotopic (exact) mass is 405 g/mol. The minimum Gasteiger partial charge on any atom is -0.452 e. The molecule has 29 heavy (non-hydrogen) atoms. The summed E-state index contributed by atoms with van der Waals surface area (Å²) >= 11 is 0. The van der Waals surface area contributed by atoms with Crippen molar-refractivity contribution in [2.75, 3.05) is 5.32 Å². The summed E-state index contributed by atoms with van der Waals surface area (Å²) in [5, 5.41) is 6.49. The van der Waals surface area contributed by atoms with Crippen LogP contribution in [0.4, 0.5) is 14.5 Å². The molecule has 1 atom stereocenters. The number of halogens is 2. The molecule has 0 saturated heterocycles. The molecule has 2 heterocycles. The Morgan fingerprint density at radius 2 is 2.07 bits per heavy atom. The number of nitrogens with zero attached hydrogens (tertiary/aromatic N) is 4. The number of rotatable bonds is 6. The molecular weight excluding hydrogens is 388 g/mol. The summed E-state index contributed by atoms with van der Waals surface area (Å²) in [7, 11) is 1.65. The van der Waals surface area contributed by atoms with Crippen LogP contribution in [0.25, 0.3) is 11.0 Å². The van der Waals surface area contributed by atoms with Gasteiger partial charge < -0.3 is 10.1 Å². The smallest absolute Gasteiger partial charge is 0.308 e. The molecule has 3 rings (SSSR count). The van der Waals surface area contributed by atoms with Crippen LogP contribution in [-0.4, -0.2) is 37.3 Å². The van der Waals surface area contributed by atoms with E-state index in [9.17, 15) is 23.2 Å². The van der Waals surface area contributed by atoms with Crippen molar-refractivity contribution in [2.24, 2.45) is 7.05 Å². The number of benzene rings is 1. The first-order valence-corrected chi connectivity index (χ1v) is 8.59. The highest BCUT2D eigenvalue weighted by Gasteiger charge is 2.19. The second kappa shape index (κ2) is 8.17.